The van der Waals surface area contributed by atoms with Crippen LogP contribution >= 0.6 is 11.6 Å². The predicted octanol–water partition coefficient (Wildman–Crippen LogP) is 2.49. The Balaban J connectivity index is 1.83. The fourth-order valence-electron chi connectivity index (χ4n) is 2.38. The summed E-state index contributed by atoms with van der Waals surface area (Å²) in [5.74, 6) is 0.510. The molecule has 1 amide bonds. The summed E-state index contributed by atoms with van der Waals surface area (Å²) in [6.07, 6.45) is 3.28. The van der Waals surface area contributed by atoms with Crippen LogP contribution in [-0.2, 0) is 4.79 Å². The Bertz CT molecular complexity index is 459. The van der Waals surface area contributed by atoms with Crippen LogP contribution in [-0.4, -0.2) is 24.1 Å². The van der Waals surface area contributed by atoms with Gasteiger partial charge in [0.15, 0.2) is 6.10 Å². The number of halogens is 1. The van der Waals surface area contributed by atoms with Crippen molar-refractivity contribution in [3.63, 3.8) is 0 Å². The number of hydrogen-bond donors (Lipinski definition) is 2. The van der Waals surface area contributed by atoms with Crippen LogP contribution in [0.3, 0.4) is 0 Å². The number of nitrogens with one attached hydrogen (secondary N) is 1. The van der Waals surface area contributed by atoms with Gasteiger partial charge in [0.05, 0.1) is 0 Å². The third-order valence-electron chi connectivity index (χ3n) is 3.60. The van der Waals surface area contributed by atoms with Crippen molar-refractivity contribution >= 4 is 17.5 Å². The highest BCUT2D eigenvalue weighted by Gasteiger charge is 2.23. The van der Waals surface area contributed by atoms with E-state index in [0.717, 1.165) is 25.7 Å². The average molecular weight is 297 g/mol. The fraction of sp³-hybridized carbons (Fsp3) is 0.533. The monoisotopic (exact) mass is 296 g/mol. The summed E-state index contributed by atoms with van der Waals surface area (Å²) >= 11 is 5.88. The van der Waals surface area contributed by atoms with Crippen molar-refractivity contribution in [1.82, 2.24) is 5.32 Å². The molecule has 1 aromatic carbocycles. The Kier molecular flexibility index (Phi) is 5.26. The number of benzene rings is 1. The fourth-order valence-corrected chi connectivity index (χ4v) is 2.56. The highest BCUT2D eigenvalue weighted by Crippen LogP contribution is 2.19. The largest absolute Gasteiger partial charge is 0.481 e. The van der Waals surface area contributed by atoms with Crippen molar-refractivity contribution < 1.29 is 9.53 Å². The molecule has 0 bridgehead atoms. The Morgan fingerprint density at radius 3 is 2.75 bits per heavy atom. The van der Waals surface area contributed by atoms with Gasteiger partial charge >= 0.3 is 0 Å². The smallest absolute Gasteiger partial charge is 0.260 e. The number of hydrogen-bond acceptors (Lipinski definition) is 3. The molecule has 1 aliphatic carbocycles. The topological polar surface area (TPSA) is 64.3 Å². The lowest BCUT2D eigenvalue weighted by Crippen LogP contribution is -2.45. The third-order valence-corrected chi connectivity index (χ3v) is 3.83. The summed E-state index contributed by atoms with van der Waals surface area (Å²) in [5, 5.41) is 3.62. The number of rotatable bonds is 4. The van der Waals surface area contributed by atoms with Crippen LogP contribution in [0.4, 0.5) is 0 Å². The Labute approximate surface area is 124 Å². The standard InChI is InChI=1S/C15H21ClN2O2/c1-10(20-14-4-2-3-11(16)9-14)15(19)18-13-7-5-12(17)6-8-13/h2-4,9-10,12-13H,5-8,17H2,1H3,(H,18,19). The van der Waals surface area contributed by atoms with Gasteiger partial charge in [0.1, 0.15) is 5.75 Å². The van der Waals surface area contributed by atoms with Crippen LogP contribution in [0.5, 0.6) is 5.75 Å². The molecule has 1 atom stereocenters. The normalized spacial score (nSPS) is 23.9. The summed E-state index contributed by atoms with van der Waals surface area (Å²) in [5.41, 5.74) is 5.85. The van der Waals surface area contributed by atoms with Crippen molar-refractivity contribution in [2.45, 2.75) is 50.8 Å². The molecule has 0 saturated heterocycles. The first-order chi connectivity index (χ1) is 9.54. The molecule has 1 aliphatic rings. The molecule has 0 radical (unpaired) electrons. The maximum atomic E-state index is 12.1. The summed E-state index contributed by atoms with van der Waals surface area (Å²) in [4.78, 5) is 12.1. The first kappa shape index (κ1) is 15.1. The van der Waals surface area contributed by atoms with E-state index in [0.29, 0.717) is 10.8 Å². The maximum absolute atomic E-state index is 12.1. The minimum atomic E-state index is -0.538. The van der Waals surface area contributed by atoms with E-state index >= 15 is 0 Å². The number of amides is 1. The molecule has 0 heterocycles. The van der Waals surface area contributed by atoms with Crippen LogP contribution in [0.2, 0.25) is 5.02 Å². The summed E-state index contributed by atoms with van der Waals surface area (Å²) in [7, 11) is 0. The second kappa shape index (κ2) is 6.95. The molecule has 5 heteroatoms. The van der Waals surface area contributed by atoms with Gasteiger partial charge in [-0.15, -0.1) is 0 Å². The highest BCUT2D eigenvalue weighted by atomic mass is 35.5. The summed E-state index contributed by atoms with van der Waals surface area (Å²) < 4.78 is 5.60. The predicted molar refractivity (Wildman–Crippen MR) is 79.9 cm³/mol. The van der Waals surface area contributed by atoms with Gasteiger partial charge in [-0.2, -0.15) is 0 Å². The summed E-state index contributed by atoms with van der Waals surface area (Å²) in [6.45, 7) is 1.74. The molecule has 3 N–H and O–H groups in total. The zero-order chi connectivity index (χ0) is 14.5. The van der Waals surface area contributed by atoms with Crippen molar-refractivity contribution in [3.8, 4) is 5.75 Å². The van der Waals surface area contributed by atoms with Gasteiger partial charge in [0.25, 0.3) is 5.91 Å². The Morgan fingerprint density at radius 1 is 1.40 bits per heavy atom. The summed E-state index contributed by atoms with van der Waals surface area (Å²) in [6, 6.07) is 7.55. The molecular formula is C15H21ClN2O2. The first-order valence-corrected chi connectivity index (χ1v) is 7.40. The highest BCUT2D eigenvalue weighted by molar-refractivity contribution is 6.30. The molecule has 4 nitrogen and oxygen atoms in total. The van der Waals surface area contributed by atoms with Crippen molar-refractivity contribution in [2.75, 3.05) is 0 Å². The van der Waals surface area contributed by atoms with Crippen LogP contribution < -0.4 is 15.8 Å². The molecule has 1 fully saturated rings. The second-order valence-electron chi connectivity index (χ2n) is 5.34. The van der Waals surface area contributed by atoms with Gasteiger partial charge in [-0.3, -0.25) is 4.79 Å². The van der Waals surface area contributed by atoms with E-state index in [9.17, 15) is 4.79 Å². The van der Waals surface area contributed by atoms with Gasteiger partial charge in [0, 0.05) is 17.1 Å². The molecule has 1 unspecified atom stereocenters. The van der Waals surface area contributed by atoms with Crippen molar-refractivity contribution in [2.24, 2.45) is 5.73 Å². The molecule has 2 rings (SSSR count). The van der Waals surface area contributed by atoms with Gasteiger partial charge in [-0.05, 0) is 50.8 Å². The van der Waals surface area contributed by atoms with Crippen LogP contribution in [0.25, 0.3) is 0 Å². The number of carbonyl (C=O) groups excluding carboxylic acids is 1. The molecule has 1 aromatic rings. The molecule has 20 heavy (non-hydrogen) atoms. The Morgan fingerprint density at radius 2 is 2.10 bits per heavy atom. The quantitative estimate of drug-likeness (QED) is 0.897. The van der Waals surface area contributed by atoms with Gasteiger partial charge in [-0.1, -0.05) is 17.7 Å². The van der Waals surface area contributed by atoms with Gasteiger partial charge in [-0.25, -0.2) is 0 Å². The van der Waals surface area contributed by atoms with E-state index < -0.39 is 6.10 Å². The molecule has 0 spiro atoms. The van der Waals surface area contributed by atoms with E-state index in [2.05, 4.69) is 5.32 Å². The van der Waals surface area contributed by atoms with E-state index in [4.69, 9.17) is 22.1 Å². The second-order valence-corrected chi connectivity index (χ2v) is 5.77. The lowest BCUT2D eigenvalue weighted by Gasteiger charge is -2.27. The zero-order valence-electron chi connectivity index (χ0n) is 11.6. The molecule has 0 aliphatic heterocycles. The van der Waals surface area contributed by atoms with Crippen molar-refractivity contribution in [3.05, 3.63) is 29.3 Å². The number of carbonyl (C=O) groups is 1. The SMILES string of the molecule is CC(Oc1cccc(Cl)c1)C(=O)NC1CCC(N)CC1. The number of ether oxygens (including phenoxy) is 1. The molecule has 0 aromatic heterocycles. The number of nitrogens with two attached hydrogens (primary N) is 1. The third kappa shape index (κ3) is 4.39. The van der Waals surface area contributed by atoms with E-state index in [-0.39, 0.29) is 18.0 Å². The lowest BCUT2D eigenvalue weighted by molar-refractivity contribution is -0.128. The lowest BCUT2D eigenvalue weighted by atomic mass is 9.92. The zero-order valence-corrected chi connectivity index (χ0v) is 12.4. The van der Waals surface area contributed by atoms with E-state index in [1.807, 2.05) is 0 Å². The van der Waals surface area contributed by atoms with E-state index in [1.165, 1.54) is 0 Å². The van der Waals surface area contributed by atoms with Crippen LogP contribution in [0, 0.1) is 0 Å². The first-order valence-electron chi connectivity index (χ1n) is 7.03. The molecular weight excluding hydrogens is 276 g/mol. The average Bonchev–Trinajstić information content (AvgIpc) is 2.41. The van der Waals surface area contributed by atoms with Crippen LogP contribution in [0.1, 0.15) is 32.6 Å². The Hall–Kier alpha value is -1.26. The van der Waals surface area contributed by atoms with Crippen LogP contribution in [0.15, 0.2) is 24.3 Å². The van der Waals surface area contributed by atoms with Gasteiger partial charge < -0.3 is 15.8 Å². The molecule has 1 saturated carbocycles. The maximum Gasteiger partial charge on any atom is 0.260 e. The minimum Gasteiger partial charge on any atom is -0.481 e. The molecule has 110 valence electrons. The van der Waals surface area contributed by atoms with E-state index in [1.54, 1.807) is 31.2 Å². The van der Waals surface area contributed by atoms with Crippen molar-refractivity contribution in [1.29, 1.82) is 0 Å². The minimum absolute atomic E-state index is 0.0922. The van der Waals surface area contributed by atoms with Gasteiger partial charge in [0.2, 0.25) is 0 Å².